The van der Waals surface area contributed by atoms with Crippen molar-refractivity contribution in [1.82, 2.24) is 0 Å². The van der Waals surface area contributed by atoms with Crippen LogP contribution in [0.4, 0.5) is 0 Å². The van der Waals surface area contributed by atoms with Crippen LogP contribution < -0.4 is 4.74 Å². The second-order valence-electron chi connectivity index (χ2n) is 7.07. The Morgan fingerprint density at radius 2 is 1.90 bits per heavy atom. The lowest BCUT2D eigenvalue weighted by atomic mass is 9.81. The Balaban J connectivity index is 2.07. The summed E-state index contributed by atoms with van der Waals surface area (Å²) in [4.78, 5) is 0. The van der Waals surface area contributed by atoms with Crippen LogP contribution in [0.15, 0.2) is 24.3 Å². The zero-order valence-electron chi connectivity index (χ0n) is 13.7. The van der Waals surface area contributed by atoms with Gasteiger partial charge in [-0.15, -0.1) is 0 Å². The molecule has 0 heterocycles. The summed E-state index contributed by atoms with van der Waals surface area (Å²) in [6.45, 7) is 8.98. The summed E-state index contributed by atoms with van der Waals surface area (Å²) in [5.41, 5.74) is 1.54. The molecule has 2 rings (SSSR count). The monoisotopic (exact) mass is 285 g/mol. The molecule has 114 valence electrons. The molecule has 0 spiro atoms. The van der Waals surface area contributed by atoms with E-state index in [9.17, 15) is 5.26 Å². The third kappa shape index (κ3) is 3.79. The van der Waals surface area contributed by atoms with Gasteiger partial charge in [0.1, 0.15) is 11.9 Å². The zero-order valence-corrected chi connectivity index (χ0v) is 13.7. The van der Waals surface area contributed by atoms with Gasteiger partial charge in [0.2, 0.25) is 0 Å². The average molecular weight is 285 g/mol. The minimum atomic E-state index is 0.0351. The van der Waals surface area contributed by atoms with Gasteiger partial charge in [-0.1, -0.05) is 39.8 Å². The highest BCUT2D eigenvalue weighted by Gasteiger charge is 2.30. The number of rotatable bonds is 4. The van der Waals surface area contributed by atoms with Crippen molar-refractivity contribution < 1.29 is 4.74 Å². The van der Waals surface area contributed by atoms with E-state index in [0.717, 1.165) is 31.4 Å². The molecular formula is C19H27NO. The SMILES string of the molecule is CCC(C)(C)c1ccc(OC2CC(C)CCC2C#N)cc1. The van der Waals surface area contributed by atoms with Crippen molar-refractivity contribution in [1.29, 1.82) is 5.26 Å². The lowest BCUT2D eigenvalue weighted by Crippen LogP contribution is -2.32. The lowest BCUT2D eigenvalue weighted by molar-refractivity contribution is 0.0956. The standard InChI is InChI=1S/C19H27NO/c1-5-19(3,4)16-8-10-17(11-9-16)21-18-12-14(2)6-7-15(18)13-20/h8-11,14-15,18H,5-7,12H2,1-4H3. The van der Waals surface area contributed by atoms with Crippen LogP contribution in [0, 0.1) is 23.2 Å². The minimum absolute atomic E-state index is 0.0351. The van der Waals surface area contributed by atoms with Crippen molar-refractivity contribution in [2.24, 2.45) is 11.8 Å². The van der Waals surface area contributed by atoms with E-state index < -0.39 is 0 Å². The number of hydrogen-bond donors (Lipinski definition) is 0. The largest absolute Gasteiger partial charge is 0.489 e. The second-order valence-corrected chi connectivity index (χ2v) is 7.07. The Morgan fingerprint density at radius 1 is 1.24 bits per heavy atom. The number of ether oxygens (including phenoxy) is 1. The quantitative estimate of drug-likeness (QED) is 0.772. The van der Waals surface area contributed by atoms with Crippen LogP contribution in [-0.4, -0.2) is 6.10 Å². The summed E-state index contributed by atoms with van der Waals surface area (Å²) in [5, 5.41) is 9.28. The molecule has 3 unspecified atom stereocenters. The van der Waals surface area contributed by atoms with Crippen LogP contribution in [0.2, 0.25) is 0 Å². The van der Waals surface area contributed by atoms with Gasteiger partial charge in [0.15, 0.2) is 0 Å². The van der Waals surface area contributed by atoms with Gasteiger partial charge in [0.25, 0.3) is 0 Å². The molecule has 0 saturated heterocycles. The van der Waals surface area contributed by atoms with Gasteiger partial charge in [-0.2, -0.15) is 5.26 Å². The van der Waals surface area contributed by atoms with Crippen LogP contribution in [0.1, 0.15) is 58.9 Å². The Kier molecular flexibility index (Phi) is 4.93. The highest BCUT2D eigenvalue weighted by Crippen LogP contribution is 2.33. The molecular weight excluding hydrogens is 258 g/mol. The highest BCUT2D eigenvalue weighted by atomic mass is 16.5. The van der Waals surface area contributed by atoms with Gasteiger partial charge < -0.3 is 4.74 Å². The van der Waals surface area contributed by atoms with Gasteiger partial charge in [-0.25, -0.2) is 0 Å². The van der Waals surface area contributed by atoms with E-state index in [1.54, 1.807) is 0 Å². The molecule has 1 aliphatic rings. The molecule has 1 fully saturated rings. The van der Waals surface area contributed by atoms with Crippen LogP contribution in [0.3, 0.4) is 0 Å². The Hall–Kier alpha value is -1.49. The third-order valence-electron chi connectivity index (χ3n) is 5.03. The van der Waals surface area contributed by atoms with Crippen molar-refractivity contribution >= 4 is 0 Å². The number of hydrogen-bond acceptors (Lipinski definition) is 2. The fraction of sp³-hybridized carbons (Fsp3) is 0.632. The number of nitriles is 1. The third-order valence-corrected chi connectivity index (χ3v) is 5.03. The summed E-state index contributed by atoms with van der Waals surface area (Å²) < 4.78 is 6.11. The fourth-order valence-electron chi connectivity index (χ4n) is 2.97. The molecule has 3 atom stereocenters. The molecule has 0 N–H and O–H groups in total. The van der Waals surface area contributed by atoms with Gasteiger partial charge in [0.05, 0.1) is 12.0 Å². The Bertz CT molecular complexity index is 497. The molecule has 0 amide bonds. The smallest absolute Gasteiger partial charge is 0.119 e. The van der Waals surface area contributed by atoms with Crippen molar-refractivity contribution in [3.8, 4) is 11.8 Å². The first-order chi connectivity index (χ1) is 9.96. The molecule has 1 saturated carbocycles. The van der Waals surface area contributed by atoms with E-state index in [4.69, 9.17) is 4.74 Å². The maximum atomic E-state index is 9.28. The molecule has 0 aromatic heterocycles. The van der Waals surface area contributed by atoms with E-state index in [2.05, 4.69) is 58.0 Å². The Labute approximate surface area is 129 Å². The average Bonchev–Trinajstić information content (AvgIpc) is 2.48. The molecule has 1 aromatic carbocycles. The van der Waals surface area contributed by atoms with Gasteiger partial charge >= 0.3 is 0 Å². The predicted octanol–water partition coefficient (Wildman–Crippen LogP) is 5.08. The van der Waals surface area contributed by atoms with Crippen molar-refractivity contribution in [3.63, 3.8) is 0 Å². The molecule has 0 radical (unpaired) electrons. The lowest BCUT2D eigenvalue weighted by Gasteiger charge is -2.31. The van der Waals surface area contributed by atoms with E-state index in [1.807, 2.05) is 0 Å². The molecule has 1 aromatic rings. The summed E-state index contributed by atoms with van der Waals surface area (Å²) in [6, 6.07) is 10.8. The topological polar surface area (TPSA) is 33.0 Å². The normalized spacial score (nSPS) is 26.1. The Morgan fingerprint density at radius 3 is 2.48 bits per heavy atom. The highest BCUT2D eigenvalue weighted by molar-refractivity contribution is 5.31. The van der Waals surface area contributed by atoms with Crippen molar-refractivity contribution in [3.05, 3.63) is 29.8 Å². The van der Waals surface area contributed by atoms with Crippen LogP contribution in [0.5, 0.6) is 5.75 Å². The van der Waals surface area contributed by atoms with Crippen molar-refractivity contribution in [2.75, 3.05) is 0 Å². The second kappa shape index (κ2) is 6.52. The van der Waals surface area contributed by atoms with Crippen LogP contribution in [-0.2, 0) is 5.41 Å². The van der Waals surface area contributed by atoms with E-state index in [1.165, 1.54) is 5.56 Å². The molecule has 2 nitrogen and oxygen atoms in total. The molecule has 0 aliphatic heterocycles. The molecule has 1 aliphatic carbocycles. The summed E-state index contributed by atoms with van der Waals surface area (Å²) in [7, 11) is 0. The molecule has 0 bridgehead atoms. The summed E-state index contributed by atoms with van der Waals surface area (Å²) in [5.74, 6) is 1.58. The van der Waals surface area contributed by atoms with E-state index >= 15 is 0 Å². The van der Waals surface area contributed by atoms with Gasteiger partial charge in [-0.3, -0.25) is 0 Å². The fourth-order valence-corrected chi connectivity index (χ4v) is 2.97. The number of benzene rings is 1. The van der Waals surface area contributed by atoms with E-state index in [-0.39, 0.29) is 17.4 Å². The maximum absolute atomic E-state index is 9.28. The minimum Gasteiger partial charge on any atom is -0.489 e. The molecule has 21 heavy (non-hydrogen) atoms. The first kappa shape index (κ1) is 15.9. The van der Waals surface area contributed by atoms with Crippen molar-refractivity contribution in [2.45, 2.75) is 64.9 Å². The number of nitrogens with zero attached hydrogens (tertiary/aromatic N) is 1. The van der Waals surface area contributed by atoms with Gasteiger partial charge in [-0.05, 0) is 54.7 Å². The summed E-state index contributed by atoms with van der Waals surface area (Å²) in [6.07, 6.45) is 4.25. The molecule has 2 heteroatoms. The van der Waals surface area contributed by atoms with Gasteiger partial charge in [0, 0.05) is 0 Å². The zero-order chi connectivity index (χ0) is 15.5. The van der Waals surface area contributed by atoms with Crippen LogP contribution in [0.25, 0.3) is 0 Å². The maximum Gasteiger partial charge on any atom is 0.119 e. The first-order valence-electron chi connectivity index (χ1n) is 8.13. The first-order valence-corrected chi connectivity index (χ1v) is 8.13. The van der Waals surface area contributed by atoms with Crippen LogP contribution >= 0.6 is 0 Å². The predicted molar refractivity (Wildman–Crippen MR) is 86.3 cm³/mol. The summed E-state index contributed by atoms with van der Waals surface area (Å²) >= 11 is 0. The van der Waals surface area contributed by atoms with E-state index in [0.29, 0.717) is 5.92 Å².